The Morgan fingerprint density at radius 2 is 1.77 bits per heavy atom. The molecule has 1 amide bonds. The molecule has 1 N–H and O–H groups in total. The molecule has 0 unspecified atom stereocenters. The second kappa shape index (κ2) is 10.8. The van der Waals surface area contributed by atoms with Crippen LogP contribution in [0.4, 0.5) is 4.39 Å². The zero-order chi connectivity index (χ0) is 22.2. The lowest BCUT2D eigenvalue weighted by molar-refractivity contribution is -0.917. The molecule has 31 heavy (non-hydrogen) atoms. The third kappa shape index (κ3) is 5.98. The zero-order valence-corrected chi connectivity index (χ0v) is 18.3. The third-order valence-electron chi connectivity index (χ3n) is 5.37. The van der Waals surface area contributed by atoms with Gasteiger partial charge in [-0.2, -0.15) is 0 Å². The average Bonchev–Trinajstić information content (AvgIpc) is 2.78. The SMILES string of the molecule is CCOc1cc(/C=C/C(=O)N2CC[NH+](Cc3cc(F)ccc3OC)CC2)ccc1OC. The summed E-state index contributed by atoms with van der Waals surface area (Å²) in [5.41, 5.74) is 1.72. The minimum atomic E-state index is -0.264. The van der Waals surface area contributed by atoms with Gasteiger partial charge in [-0.15, -0.1) is 0 Å². The standard InChI is InChI=1S/C24H29FN2O4/c1-4-31-23-15-18(5-8-22(23)30-3)6-10-24(28)27-13-11-26(12-14-27)17-19-16-20(25)7-9-21(19)29-2/h5-10,15-16H,4,11-14,17H2,1-3H3/p+1/b10-6+. The first-order valence-corrected chi connectivity index (χ1v) is 10.5. The molecule has 0 aromatic heterocycles. The fraction of sp³-hybridized carbons (Fsp3) is 0.375. The molecule has 1 aliphatic heterocycles. The minimum Gasteiger partial charge on any atom is -0.496 e. The Balaban J connectivity index is 1.56. The predicted octanol–water partition coefficient (Wildman–Crippen LogP) is 2.18. The monoisotopic (exact) mass is 429 g/mol. The molecule has 3 rings (SSSR count). The van der Waals surface area contributed by atoms with Crippen LogP contribution in [-0.4, -0.2) is 57.8 Å². The number of quaternary nitrogens is 1. The molecule has 2 aromatic rings. The smallest absolute Gasteiger partial charge is 0.246 e. The lowest BCUT2D eigenvalue weighted by Crippen LogP contribution is -3.13. The van der Waals surface area contributed by atoms with Gasteiger partial charge >= 0.3 is 0 Å². The van der Waals surface area contributed by atoms with Crippen molar-refractivity contribution in [2.45, 2.75) is 13.5 Å². The predicted molar refractivity (Wildman–Crippen MR) is 117 cm³/mol. The van der Waals surface area contributed by atoms with Gasteiger partial charge in [-0.1, -0.05) is 6.07 Å². The van der Waals surface area contributed by atoms with E-state index in [9.17, 15) is 9.18 Å². The number of carbonyl (C=O) groups excluding carboxylic acids is 1. The summed E-state index contributed by atoms with van der Waals surface area (Å²) < 4.78 is 29.8. The van der Waals surface area contributed by atoms with Crippen molar-refractivity contribution in [2.24, 2.45) is 0 Å². The van der Waals surface area contributed by atoms with Crippen molar-refractivity contribution in [2.75, 3.05) is 47.0 Å². The van der Waals surface area contributed by atoms with Crippen molar-refractivity contribution in [3.63, 3.8) is 0 Å². The number of ether oxygens (including phenoxy) is 3. The van der Waals surface area contributed by atoms with Crippen LogP contribution in [0.25, 0.3) is 6.08 Å². The molecule has 0 saturated carbocycles. The topological polar surface area (TPSA) is 52.4 Å². The second-order valence-electron chi connectivity index (χ2n) is 7.38. The zero-order valence-electron chi connectivity index (χ0n) is 18.3. The van der Waals surface area contributed by atoms with Crippen molar-refractivity contribution in [1.29, 1.82) is 0 Å². The van der Waals surface area contributed by atoms with Crippen molar-refractivity contribution < 1.29 is 28.3 Å². The van der Waals surface area contributed by atoms with E-state index in [1.165, 1.54) is 17.0 Å². The van der Waals surface area contributed by atoms with Gasteiger partial charge in [0.2, 0.25) is 5.91 Å². The fourth-order valence-corrected chi connectivity index (χ4v) is 3.71. The number of amides is 1. The maximum absolute atomic E-state index is 13.6. The lowest BCUT2D eigenvalue weighted by atomic mass is 10.1. The summed E-state index contributed by atoms with van der Waals surface area (Å²) in [5, 5.41) is 0. The number of hydrogen-bond donors (Lipinski definition) is 1. The van der Waals surface area contributed by atoms with Crippen LogP contribution in [0.15, 0.2) is 42.5 Å². The summed E-state index contributed by atoms with van der Waals surface area (Å²) in [6.45, 7) is 6.04. The van der Waals surface area contributed by atoms with Crippen LogP contribution in [0.5, 0.6) is 17.2 Å². The van der Waals surface area contributed by atoms with Crippen molar-refractivity contribution in [1.82, 2.24) is 4.90 Å². The number of benzene rings is 2. The summed E-state index contributed by atoms with van der Waals surface area (Å²) in [4.78, 5) is 15.8. The van der Waals surface area contributed by atoms with Crippen molar-refractivity contribution >= 4 is 12.0 Å². The number of nitrogens with zero attached hydrogens (tertiary/aromatic N) is 1. The first-order valence-electron chi connectivity index (χ1n) is 10.5. The van der Waals surface area contributed by atoms with E-state index in [0.29, 0.717) is 43.5 Å². The van der Waals surface area contributed by atoms with Crippen LogP contribution in [0, 0.1) is 5.82 Å². The van der Waals surface area contributed by atoms with Crippen LogP contribution >= 0.6 is 0 Å². The third-order valence-corrected chi connectivity index (χ3v) is 5.37. The Kier molecular flexibility index (Phi) is 7.89. The van der Waals surface area contributed by atoms with E-state index < -0.39 is 0 Å². The highest BCUT2D eigenvalue weighted by Gasteiger charge is 2.23. The molecule has 1 saturated heterocycles. The van der Waals surface area contributed by atoms with Gasteiger partial charge in [0.05, 0.1) is 52.6 Å². The van der Waals surface area contributed by atoms with E-state index in [0.717, 1.165) is 24.2 Å². The Morgan fingerprint density at radius 3 is 2.45 bits per heavy atom. The van der Waals surface area contributed by atoms with Gasteiger partial charge in [-0.3, -0.25) is 4.79 Å². The van der Waals surface area contributed by atoms with E-state index >= 15 is 0 Å². The Labute approximate surface area is 182 Å². The van der Waals surface area contributed by atoms with E-state index in [1.54, 1.807) is 32.4 Å². The van der Waals surface area contributed by atoms with Crippen LogP contribution in [0.2, 0.25) is 0 Å². The molecule has 166 valence electrons. The number of hydrogen-bond acceptors (Lipinski definition) is 4. The molecule has 0 aliphatic carbocycles. The number of methoxy groups -OCH3 is 2. The molecule has 1 heterocycles. The van der Waals surface area contributed by atoms with Gasteiger partial charge in [0.1, 0.15) is 18.1 Å². The number of rotatable bonds is 8. The molecular formula is C24H30FN2O4+. The Bertz CT molecular complexity index is 924. The largest absolute Gasteiger partial charge is 0.496 e. The highest BCUT2D eigenvalue weighted by molar-refractivity contribution is 5.91. The van der Waals surface area contributed by atoms with Crippen molar-refractivity contribution in [3.8, 4) is 17.2 Å². The van der Waals surface area contributed by atoms with Crippen LogP contribution in [0.1, 0.15) is 18.1 Å². The number of nitrogens with one attached hydrogen (secondary N) is 1. The van der Waals surface area contributed by atoms with Gasteiger partial charge in [0.25, 0.3) is 0 Å². The number of carbonyl (C=O) groups is 1. The number of halogens is 1. The second-order valence-corrected chi connectivity index (χ2v) is 7.38. The average molecular weight is 430 g/mol. The van der Waals surface area contributed by atoms with Crippen LogP contribution < -0.4 is 19.1 Å². The first kappa shape index (κ1) is 22.6. The first-order chi connectivity index (χ1) is 15.0. The molecule has 1 fully saturated rings. The summed E-state index contributed by atoms with van der Waals surface area (Å²) in [7, 11) is 3.19. The van der Waals surface area contributed by atoms with Crippen molar-refractivity contribution in [3.05, 3.63) is 59.4 Å². The highest BCUT2D eigenvalue weighted by atomic mass is 19.1. The normalized spacial score (nSPS) is 14.6. The molecule has 0 spiro atoms. The Morgan fingerprint density at radius 1 is 1.06 bits per heavy atom. The van der Waals surface area contributed by atoms with E-state index in [1.807, 2.05) is 30.0 Å². The van der Waals surface area contributed by atoms with Crippen LogP contribution in [-0.2, 0) is 11.3 Å². The van der Waals surface area contributed by atoms with Gasteiger partial charge in [0.15, 0.2) is 11.5 Å². The maximum atomic E-state index is 13.6. The van der Waals surface area contributed by atoms with E-state index in [-0.39, 0.29) is 11.7 Å². The highest BCUT2D eigenvalue weighted by Crippen LogP contribution is 2.28. The fourth-order valence-electron chi connectivity index (χ4n) is 3.71. The summed E-state index contributed by atoms with van der Waals surface area (Å²) >= 11 is 0. The summed E-state index contributed by atoms with van der Waals surface area (Å²) in [5.74, 6) is 1.74. The van der Waals surface area contributed by atoms with Gasteiger partial charge in [0, 0.05) is 6.08 Å². The number of piperazine rings is 1. The molecule has 0 bridgehead atoms. The quantitative estimate of drug-likeness (QED) is 0.654. The molecule has 2 aromatic carbocycles. The minimum absolute atomic E-state index is 0.0174. The van der Waals surface area contributed by atoms with Crippen LogP contribution in [0.3, 0.4) is 0 Å². The van der Waals surface area contributed by atoms with E-state index in [4.69, 9.17) is 14.2 Å². The molecule has 0 radical (unpaired) electrons. The maximum Gasteiger partial charge on any atom is 0.246 e. The molecular weight excluding hydrogens is 399 g/mol. The molecule has 7 heteroatoms. The molecule has 0 atom stereocenters. The Hall–Kier alpha value is -3.06. The molecule has 6 nitrogen and oxygen atoms in total. The van der Waals surface area contributed by atoms with E-state index in [2.05, 4.69) is 0 Å². The summed E-state index contributed by atoms with van der Waals surface area (Å²) in [6, 6.07) is 10.2. The summed E-state index contributed by atoms with van der Waals surface area (Å²) in [6.07, 6.45) is 3.39. The van der Waals surface area contributed by atoms with Gasteiger partial charge < -0.3 is 24.0 Å². The van der Waals surface area contributed by atoms with Gasteiger partial charge in [-0.25, -0.2) is 4.39 Å². The molecule has 1 aliphatic rings. The van der Waals surface area contributed by atoms with Gasteiger partial charge in [-0.05, 0) is 48.9 Å². The lowest BCUT2D eigenvalue weighted by Gasteiger charge is -2.32.